The number of carbonyl (C=O) groups is 2. The van der Waals surface area contributed by atoms with Gasteiger partial charge in [0.2, 0.25) is 0 Å². The lowest BCUT2D eigenvalue weighted by atomic mass is 9.51. The molecule has 43 heavy (non-hydrogen) atoms. The van der Waals surface area contributed by atoms with Crippen LogP contribution in [0.5, 0.6) is 0 Å². The zero-order chi connectivity index (χ0) is 30.8. The van der Waals surface area contributed by atoms with Gasteiger partial charge in [-0.1, -0.05) is 72.8 Å². The number of rotatable bonds is 9. The van der Waals surface area contributed by atoms with Crippen LogP contribution >= 0.6 is 0 Å². The fourth-order valence-electron chi connectivity index (χ4n) is 8.16. The Hall–Kier alpha value is -3.55. The van der Waals surface area contributed by atoms with Gasteiger partial charge in [0.25, 0.3) is 0 Å². The van der Waals surface area contributed by atoms with Crippen LogP contribution in [0.3, 0.4) is 0 Å². The monoisotopic (exact) mass is 586 g/mol. The molecule has 0 saturated carbocycles. The molecule has 0 spiro atoms. The van der Waals surface area contributed by atoms with Crippen molar-refractivity contribution in [1.29, 1.82) is 0 Å². The van der Waals surface area contributed by atoms with Crippen LogP contribution in [0, 0.1) is 16.6 Å². The van der Waals surface area contributed by atoms with Crippen LogP contribution in [0.15, 0.2) is 84.9 Å². The summed E-state index contributed by atoms with van der Waals surface area (Å²) in [5, 5.41) is 24.7. The Labute approximate surface area is 253 Å². The molecule has 2 aliphatic rings. The molecule has 2 heterocycles. The maximum Gasteiger partial charge on any atom is 0.311 e. The van der Waals surface area contributed by atoms with E-state index in [4.69, 9.17) is 0 Å². The highest BCUT2D eigenvalue weighted by atomic mass is 19.1. The van der Waals surface area contributed by atoms with E-state index in [-0.39, 0.29) is 11.8 Å². The average molecular weight is 587 g/mol. The molecular formula is C36H43FN2O4. The zero-order valence-corrected chi connectivity index (χ0v) is 25.3. The van der Waals surface area contributed by atoms with Gasteiger partial charge < -0.3 is 20.4 Å². The molecule has 2 aliphatic heterocycles. The molecule has 5 rings (SSSR count). The molecule has 5 atom stereocenters. The molecule has 2 saturated heterocycles. The first-order chi connectivity index (χ1) is 20.6. The van der Waals surface area contributed by atoms with E-state index in [1.54, 1.807) is 19.9 Å². The first-order valence-electron chi connectivity index (χ1n) is 15.4. The number of nitrogens with one attached hydrogen (secondary N) is 1. The molecular weight excluding hydrogens is 543 g/mol. The predicted molar refractivity (Wildman–Crippen MR) is 166 cm³/mol. The summed E-state index contributed by atoms with van der Waals surface area (Å²) in [7, 11) is 0. The van der Waals surface area contributed by atoms with Crippen molar-refractivity contribution in [3.8, 4) is 0 Å². The van der Waals surface area contributed by atoms with Gasteiger partial charge in [-0.15, -0.1) is 0 Å². The minimum absolute atomic E-state index is 0.0783. The van der Waals surface area contributed by atoms with E-state index in [1.165, 1.54) is 29.3 Å². The van der Waals surface area contributed by atoms with E-state index in [0.29, 0.717) is 18.5 Å². The molecule has 228 valence electrons. The third-order valence-corrected chi connectivity index (χ3v) is 10.8. The molecule has 6 nitrogen and oxygen atoms in total. The largest absolute Gasteiger partial charge is 0.481 e. The fourth-order valence-corrected chi connectivity index (χ4v) is 8.16. The van der Waals surface area contributed by atoms with Crippen molar-refractivity contribution in [3.05, 3.63) is 107 Å². The van der Waals surface area contributed by atoms with E-state index in [2.05, 4.69) is 58.7 Å². The predicted octanol–water partition coefficient (Wildman–Crippen LogP) is 6.31. The summed E-state index contributed by atoms with van der Waals surface area (Å²) in [6, 6.07) is 26.1. The summed E-state index contributed by atoms with van der Waals surface area (Å²) in [4.78, 5) is 28.6. The number of hydrogen-bond donors (Lipinski definition) is 3. The Morgan fingerprint density at radius 2 is 1.44 bits per heavy atom. The first-order valence-corrected chi connectivity index (χ1v) is 15.4. The normalized spacial score (nSPS) is 29.2. The number of benzene rings is 3. The second-order valence-corrected chi connectivity index (χ2v) is 12.8. The van der Waals surface area contributed by atoms with E-state index in [1.807, 2.05) is 19.1 Å². The third kappa shape index (κ3) is 5.38. The Kier molecular flexibility index (Phi) is 8.77. The van der Waals surface area contributed by atoms with Crippen LogP contribution in [0.25, 0.3) is 0 Å². The van der Waals surface area contributed by atoms with Gasteiger partial charge in [0.15, 0.2) is 0 Å². The number of carboxylic acid groups (broad SMARTS) is 2. The molecule has 3 N–H and O–H groups in total. The van der Waals surface area contributed by atoms with E-state index in [0.717, 1.165) is 25.9 Å². The lowest BCUT2D eigenvalue weighted by molar-refractivity contribution is -0.171. The van der Waals surface area contributed by atoms with E-state index in [9.17, 15) is 24.2 Å². The van der Waals surface area contributed by atoms with Gasteiger partial charge in [0.05, 0.1) is 10.8 Å². The molecule has 0 radical (unpaired) electrons. The summed E-state index contributed by atoms with van der Waals surface area (Å²) in [5.41, 5.74) is 0.0579. The third-order valence-electron chi connectivity index (χ3n) is 10.8. The quantitative estimate of drug-likeness (QED) is 0.272. The van der Waals surface area contributed by atoms with Crippen molar-refractivity contribution in [2.45, 2.75) is 69.9 Å². The summed E-state index contributed by atoms with van der Waals surface area (Å²) < 4.78 is 14.5. The van der Waals surface area contributed by atoms with Crippen LogP contribution in [-0.2, 0) is 15.0 Å². The summed E-state index contributed by atoms with van der Waals surface area (Å²) in [6.45, 7) is 7.65. The highest BCUT2D eigenvalue weighted by Gasteiger charge is 2.64. The Balaban J connectivity index is 1.39. The van der Waals surface area contributed by atoms with Gasteiger partial charge in [0, 0.05) is 23.4 Å². The van der Waals surface area contributed by atoms with Crippen molar-refractivity contribution < 1.29 is 24.2 Å². The van der Waals surface area contributed by atoms with Gasteiger partial charge in [-0.3, -0.25) is 9.59 Å². The van der Waals surface area contributed by atoms with Crippen molar-refractivity contribution in [2.24, 2.45) is 10.8 Å². The van der Waals surface area contributed by atoms with E-state index >= 15 is 0 Å². The topological polar surface area (TPSA) is 89.9 Å². The van der Waals surface area contributed by atoms with Crippen LogP contribution in [0.1, 0.15) is 69.1 Å². The minimum Gasteiger partial charge on any atom is -0.481 e. The molecule has 4 unspecified atom stereocenters. The summed E-state index contributed by atoms with van der Waals surface area (Å²) in [6.07, 6.45) is 2.75. The number of halogens is 1. The molecule has 2 fully saturated rings. The first kappa shape index (κ1) is 30.9. The van der Waals surface area contributed by atoms with Crippen LogP contribution in [0.4, 0.5) is 4.39 Å². The standard InChI is InChI=1S/C36H43FN2O4/c1-25-34(3,32(40)41)31(27-12-10-17-30(37)24-27)36(33(42)43,26(2)38-25)18-11-21-39-22-19-35(20-23-39,28-13-6-4-7-14-28)29-15-8-5-9-16-29/h4-10,12-17,24-26,31,38H,11,18-23H2,1-3H3,(H,40,41)(H,42,43)/t25?,26?,31-,34?,36?/m1/s1. The Bertz CT molecular complexity index is 1380. The van der Waals surface area contributed by atoms with E-state index < -0.39 is 46.6 Å². The second kappa shape index (κ2) is 12.2. The highest BCUT2D eigenvalue weighted by Crippen LogP contribution is 2.57. The number of piperidine rings is 2. The number of carboxylic acids is 2. The molecule has 0 bridgehead atoms. The summed E-state index contributed by atoms with van der Waals surface area (Å²) in [5.74, 6) is -3.57. The Morgan fingerprint density at radius 3 is 1.95 bits per heavy atom. The lowest BCUT2D eigenvalue weighted by Crippen LogP contribution is -2.68. The number of hydrogen-bond acceptors (Lipinski definition) is 4. The average Bonchev–Trinajstić information content (AvgIpc) is 3.00. The molecule has 3 aromatic carbocycles. The Morgan fingerprint density at radius 1 is 0.860 bits per heavy atom. The maximum atomic E-state index is 14.5. The SMILES string of the molecule is CC1NC(C)C(CCCN2CCC(c3ccccc3)(c3ccccc3)CC2)(C(=O)O)[C@H](c2cccc(F)c2)C1(C)C(=O)O. The highest BCUT2D eigenvalue weighted by molar-refractivity contribution is 5.83. The number of nitrogens with zero attached hydrogens (tertiary/aromatic N) is 1. The molecule has 0 aromatic heterocycles. The van der Waals surface area contributed by atoms with Gasteiger partial charge in [-0.25, -0.2) is 4.39 Å². The van der Waals surface area contributed by atoms with Crippen molar-refractivity contribution in [3.63, 3.8) is 0 Å². The minimum atomic E-state index is -1.46. The van der Waals surface area contributed by atoms with Crippen LogP contribution < -0.4 is 5.32 Å². The molecule has 3 aromatic rings. The fraction of sp³-hybridized carbons (Fsp3) is 0.444. The van der Waals surface area contributed by atoms with Crippen molar-refractivity contribution >= 4 is 11.9 Å². The van der Waals surface area contributed by atoms with Gasteiger partial charge in [0.1, 0.15) is 5.82 Å². The second-order valence-electron chi connectivity index (χ2n) is 12.8. The number of likely N-dealkylation sites (tertiary alicyclic amines) is 1. The maximum absolute atomic E-state index is 14.5. The van der Waals surface area contributed by atoms with Gasteiger partial charge in [-0.05, 0) is 94.9 Å². The zero-order valence-electron chi connectivity index (χ0n) is 25.3. The summed E-state index contributed by atoms with van der Waals surface area (Å²) >= 11 is 0. The smallest absolute Gasteiger partial charge is 0.311 e. The molecule has 0 amide bonds. The van der Waals surface area contributed by atoms with Crippen molar-refractivity contribution in [1.82, 2.24) is 10.2 Å². The molecule has 0 aliphatic carbocycles. The molecule has 7 heteroatoms. The van der Waals surface area contributed by atoms with Crippen molar-refractivity contribution in [2.75, 3.05) is 19.6 Å². The van der Waals surface area contributed by atoms with Crippen LogP contribution in [-0.4, -0.2) is 58.8 Å². The van der Waals surface area contributed by atoms with Gasteiger partial charge in [-0.2, -0.15) is 0 Å². The van der Waals surface area contributed by atoms with Crippen LogP contribution in [0.2, 0.25) is 0 Å². The lowest BCUT2D eigenvalue weighted by Gasteiger charge is -2.56. The van der Waals surface area contributed by atoms with Gasteiger partial charge >= 0.3 is 11.9 Å². The number of aliphatic carboxylic acids is 2.